The van der Waals surface area contributed by atoms with Gasteiger partial charge in [-0.2, -0.15) is 0 Å². The van der Waals surface area contributed by atoms with Crippen LogP contribution in [0.3, 0.4) is 0 Å². The van der Waals surface area contributed by atoms with Crippen molar-refractivity contribution in [1.82, 2.24) is 14.9 Å². The van der Waals surface area contributed by atoms with Gasteiger partial charge in [-0.05, 0) is 49.2 Å². The van der Waals surface area contributed by atoms with E-state index in [0.29, 0.717) is 6.54 Å². The number of nitrogens with one attached hydrogen (secondary N) is 2. The van der Waals surface area contributed by atoms with Gasteiger partial charge in [-0.1, -0.05) is 12.1 Å². The number of piperazine rings is 1. The molecule has 2 N–H and O–H groups in total. The second-order valence-corrected chi connectivity index (χ2v) is 9.26. The van der Waals surface area contributed by atoms with Crippen molar-refractivity contribution in [2.24, 2.45) is 4.99 Å². The molecule has 0 saturated carbocycles. The number of hydrogen-bond acceptors (Lipinski definition) is 5. The molecule has 0 atom stereocenters. The summed E-state index contributed by atoms with van der Waals surface area (Å²) in [5.41, 5.74) is 0.865. The normalized spacial score (nSPS) is 15.7. The Hall–Kier alpha value is -2.10. The third-order valence-corrected chi connectivity index (χ3v) is 6.96. The number of thiophene rings is 1. The van der Waals surface area contributed by atoms with Crippen LogP contribution in [0, 0.1) is 0 Å². The first-order valence-corrected chi connectivity index (χ1v) is 11.7. The molecule has 0 spiro atoms. The summed E-state index contributed by atoms with van der Waals surface area (Å²) in [5, 5.41) is 6.77. The molecule has 0 unspecified atom stereocenters. The van der Waals surface area contributed by atoms with E-state index in [2.05, 4.69) is 44.3 Å². The van der Waals surface area contributed by atoms with Crippen molar-refractivity contribution in [2.75, 3.05) is 44.7 Å². The number of benzene rings is 1. The second kappa shape index (κ2) is 9.40. The van der Waals surface area contributed by atoms with Gasteiger partial charge in [0.15, 0.2) is 5.96 Å². The maximum atomic E-state index is 12.0. The maximum absolute atomic E-state index is 12.0. The molecule has 1 aromatic heterocycles. The van der Waals surface area contributed by atoms with Crippen LogP contribution in [-0.2, 0) is 16.6 Å². The van der Waals surface area contributed by atoms with Crippen molar-refractivity contribution in [3.8, 4) is 0 Å². The van der Waals surface area contributed by atoms with Crippen LogP contribution in [0.1, 0.15) is 12.5 Å². The fourth-order valence-electron chi connectivity index (χ4n) is 3.11. The lowest BCUT2D eigenvalue weighted by atomic mass is 10.2. The lowest BCUT2D eigenvalue weighted by molar-refractivity contribution is 0.373. The van der Waals surface area contributed by atoms with Crippen molar-refractivity contribution in [3.05, 3.63) is 47.3 Å². The van der Waals surface area contributed by atoms with Crippen LogP contribution in [0.4, 0.5) is 5.00 Å². The molecule has 0 bridgehead atoms. The second-order valence-electron chi connectivity index (χ2n) is 6.45. The molecule has 3 rings (SSSR count). The van der Waals surface area contributed by atoms with Gasteiger partial charge >= 0.3 is 0 Å². The molecule has 2 heterocycles. The number of aliphatic imine (C=N–C) groups is 1. The van der Waals surface area contributed by atoms with Crippen LogP contribution in [0.2, 0.25) is 0 Å². The van der Waals surface area contributed by atoms with E-state index < -0.39 is 10.0 Å². The average molecular weight is 422 g/mol. The molecule has 28 heavy (non-hydrogen) atoms. The molecule has 1 aromatic carbocycles. The average Bonchev–Trinajstić information content (AvgIpc) is 3.26. The van der Waals surface area contributed by atoms with Gasteiger partial charge in [-0.15, -0.1) is 11.3 Å². The van der Waals surface area contributed by atoms with Crippen molar-refractivity contribution in [2.45, 2.75) is 18.4 Å². The molecule has 0 aliphatic carbocycles. The van der Waals surface area contributed by atoms with Gasteiger partial charge in [0.05, 0.1) is 16.4 Å². The Morgan fingerprint density at radius 1 is 1.18 bits per heavy atom. The predicted molar refractivity (Wildman–Crippen MR) is 116 cm³/mol. The minimum Gasteiger partial charge on any atom is -0.360 e. The molecular weight excluding hydrogens is 394 g/mol. The van der Waals surface area contributed by atoms with Crippen LogP contribution in [0.25, 0.3) is 0 Å². The third kappa shape index (κ3) is 5.03. The number of rotatable bonds is 6. The summed E-state index contributed by atoms with van der Waals surface area (Å²) in [6.45, 7) is 6.99. The number of anilines is 1. The minimum absolute atomic E-state index is 0.261. The maximum Gasteiger partial charge on any atom is 0.240 e. The highest BCUT2D eigenvalue weighted by molar-refractivity contribution is 7.89. The Kier molecular flexibility index (Phi) is 6.93. The van der Waals surface area contributed by atoms with E-state index in [1.807, 2.05) is 6.07 Å². The SMILES string of the molecule is CCNC(=NCc1cccc(S(=O)(=O)NC)c1)N1CCN(c2cccs2)CC1. The zero-order valence-corrected chi connectivity index (χ0v) is 17.9. The van der Waals surface area contributed by atoms with Crippen LogP contribution in [0.5, 0.6) is 0 Å². The van der Waals surface area contributed by atoms with Crippen LogP contribution in [0.15, 0.2) is 51.7 Å². The summed E-state index contributed by atoms with van der Waals surface area (Å²) >= 11 is 1.77. The lowest BCUT2D eigenvalue weighted by Crippen LogP contribution is -2.52. The summed E-state index contributed by atoms with van der Waals surface area (Å²) in [6, 6.07) is 11.2. The van der Waals surface area contributed by atoms with Gasteiger partial charge in [-0.25, -0.2) is 18.1 Å². The number of sulfonamides is 1. The van der Waals surface area contributed by atoms with Crippen molar-refractivity contribution in [1.29, 1.82) is 0 Å². The number of nitrogens with zero attached hydrogens (tertiary/aromatic N) is 3. The fraction of sp³-hybridized carbons (Fsp3) is 0.421. The molecule has 1 aliphatic heterocycles. The lowest BCUT2D eigenvalue weighted by Gasteiger charge is -2.37. The van der Waals surface area contributed by atoms with Gasteiger partial charge in [0.2, 0.25) is 10.0 Å². The zero-order valence-electron chi connectivity index (χ0n) is 16.3. The summed E-state index contributed by atoms with van der Waals surface area (Å²) in [7, 11) is -2.03. The smallest absolute Gasteiger partial charge is 0.240 e. The van der Waals surface area contributed by atoms with E-state index in [9.17, 15) is 8.42 Å². The summed E-state index contributed by atoms with van der Waals surface area (Å²) in [6.07, 6.45) is 0. The minimum atomic E-state index is -3.45. The van der Waals surface area contributed by atoms with Crippen molar-refractivity contribution in [3.63, 3.8) is 0 Å². The van der Waals surface area contributed by atoms with Gasteiger partial charge in [0, 0.05) is 32.7 Å². The molecule has 2 aromatic rings. The van der Waals surface area contributed by atoms with Crippen LogP contribution >= 0.6 is 11.3 Å². The summed E-state index contributed by atoms with van der Waals surface area (Å²) in [4.78, 5) is 9.67. The Morgan fingerprint density at radius 2 is 1.96 bits per heavy atom. The van der Waals surface area contributed by atoms with E-state index in [1.54, 1.807) is 29.5 Å². The number of guanidine groups is 1. The zero-order chi connectivity index (χ0) is 20.0. The molecule has 1 fully saturated rings. The highest BCUT2D eigenvalue weighted by Crippen LogP contribution is 2.22. The first kappa shape index (κ1) is 20.6. The Bertz CT molecular complexity index is 889. The highest BCUT2D eigenvalue weighted by Gasteiger charge is 2.20. The van der Waals surface area contributed by atoms with E-state index in [1.165, 1.54) is 12.0 Å². The first-order chi connectivity index (χ1) is 13.5. The highest BCUT2D eigenvalue weighted by atomic mass is 32.2. The first-order valence-electron chi connectivity index (χ1n) is 9.37. The molecular formula is C19H27N5O2S2. The van der Waals surface area contributed by atoms with E-state index in [0.717, 1.165) is 44.2 Å². The van der Waals surface area contributed by atoms with Crippen molar-refractivity contribution >= 4 is 32.3 Å². The third-order valence-electron chi connectivity index (χ3n) is 4.62. The summed E-state index contributed by atoms with van der Waals surface area (Å²) < 4.78 is 26.3. The quantitative estimate of drug-likeness (QED) is 0.551. The molecule has 0 amide bonds. The molecule has 7 nitrogen and oxygen atoms in total. The molecule has 0 radical (unpaired) electrons. The Morgan fingerprint density at radius 3 is 2.61 bits per heavy atom. The van der Waals surface area contributed by atoms with Gasteiger partial charge < -0.3 is 15.1 Å². The number of hydrogen-bond donors (Lipinski definition) is 2. The fourth-order valence-corrected chi connectivity index (χ4v) is 4.69. The largest absolute Gasteiger partial charge is 0.360 e. The molecule has 152 valence electrons. The van der Waals surface area contributed by atoms with E-state index >= 15 is 0 Å². The Labute approximate surface area is 171 Å². The topological polar surface area (TPSA) is 77.0 Å². The molecule has 9 heteroatoms. The van der Waals surface area contributed by atoms with Crippen molar-refractivity contribution < 1.29 is 8.42 Å². The molecule has 1 saturated heterocycles. The van der Waals surface area contributed by atoms with Crippen LogP contribution < -0.4 is 14.9 Å². The van der Waals surface area contributed by atoms with Gasteiger partial charge in [0.25, 0.3) is 0 Å². The summed E-state index contributed by atoms with van der Waals surface area (Å²) in [5.74, 6) is 0.871. The van der Waals surface area contributed by atoms with E-state index in [-0.39, 0.29) is 4.90 Å². The molecule has 1 aliphatic rings. The monoisotopic (exact) mass is 421 g/mol. The Balaban J connectivity index is 1.67. The van der Waals surface area contributed by atoms with Gasteiger partial charge in [0.1, 0.15) is 0 Å². The van der Waals surface area contributed by atoms with Crippen LogP contribution in [-0.4, -0.2) is 59.0 Å². The standard InChI is InChI=1S/C19H27N5O2S2/c1-3-21-19(24-11-9-23(10-12-24)18-8-5-13-27-18)22-15-16-6-4-7-17(14-16)28(25,26)20-2/h4-8,13-14,20H,3,9-12,15H2,1-2H3,(H,21,22). The van der Waals surface area contributed by atoms with E-state index in [4.69, 9.17) is 4.99 Å². The predicted octanol–water partition coefficient (Wildman–Crippen LogP) is 1.94. The van der Waals surface area contributed by atoms with Gasteiger partial charge in [-0.3, -0.25) is 0 Å².